The van der Waals surface area contributed by atoms with Gasteiger partial charge in [0.2, 0.25) is 0 Å². The minimum absolute atomic E-state index is 0. The van der Waals surface area contributed by atoms with Crippen LogP contribution in [0.15, 0.2) is 122 Å². The van der Waals surface area contributed by atoms with Crippen LogP contribution in [-0.2, 0) is 24.7 Å². The van der Waals surface area contributed by atoms with Crippen molar-refractivity contribution in [2.24, 2.45) is 25.0 Å². The van der Waals surface area contributed by atoms with E-state index >= 15 is 0 Å². The zero-order valence-corrected chi connectivity index (χ0v) is 57.6. The van der Waals surface area contributed by atoms with Crippen LogP contribution in [0.5, 0.6) is 0 Å². The number of amidine groups is 3. The largest absolute Gasteiger partial charge is 1.00 e. The van der Waals surface area contributed by atoms with Crippen LogP contribution in [0.25, 0.3) is 0 Å². The topological polar surface area (TPSA) is 71.3 Å². The van der Waals surface area contributed by atoms with Gasteiger partial charge in [-0.25, -0.2) is 19.6 Å². The van der Waals surface area contributed by atoms with Crippen LogP contribution in [-0.4, -0.2) is 75.9 Å². The summed E-state index contributed by atoms with van der Waals surface area (Å²) in [5.41, 5.74) is 3.77. The van der Waals surface area contributed by atoms with Gasteiger partial charge in [0.05, 0.1) is 74.4 Å². The van der Waals surface area contributed by atoms with Gasteiger partial charge in [0.15, 0.2) is 17.9 Å². The van der Waals surface area contributed by atoms with Gasteiger partial charge < -0.3 is 17.3 Å². The number of aliphatic imine (C=N–C) groups is 5. The van der Waals surface area contributed by atoms with Crippen molar-refractivity contribution in [2.75, 3.05) is 26.2 Å². The quantitative estimate of drug-likeness (QED) is 0.0593. The zero-order valence-electron chi connectivity index (χ0n) is 54.6. The summed E-state index contributed by atoms with van der Waals surface area (Å²) in [4.78, 5) is 26.0. The lowest BCUT2D eigenvalue weighted by molar-refractivity contribution is -0.413. The first-order valence-electron chi connectivity index (χ1n) is 30.1. The maximum absolute atomic E-state index is 13.9. The number of benzene rings is 6. The van der Waals surface area contributed by atoms with E-state index in [0.29, 0.717) is 97.3 Å². The molecule has 0 bridgehead atoms. The van der Waals surface area contributed by atoms with Gasteiger partial charge >= 0.3 is 24.7 Å². The highest BCUT2D eigenvalue weighted by molar-refractivity contribution is 6.65. The van der Waals surface area contributed by atoms with Crippen molar-refractivity contribution in [1.29, 1.82) is 0 Å². The summed E-state index contributed by atoms with van der Waals surface area (Å²) in [6.45, 7) is 29.5. The van der Waals surface area contributed by atoms with Crippen LogP contribution in [0.4, 0.5) is 75.4 Å². The molecule has 6 aromatic carbocycles. The molecule has 8 rings (SSSR count). The van der Waals surface area contributed by atoms with Crippen LogP contribution in [0.1, 0.15) is 185 Å². The molecule has 0 saturated carbocycles. The molecule has 2 heterocycles. The van der Waals surface area contributed by atoms with Crippen molar-refractivity contribution in [2.45, 2.75) is 158 Å². The van der Waals surface area contributed by atoms with Crippen molar-refractivity contribution in [3.63, 3.8) is 0 Å². The number of halogens is 16. The Kier molecular flexibility index (Phi) is 26.8. The lowest BCUT2D eigenvalue weighted by Crippen LogP contribution is -3.00. The first-order valence-corrected chi connectivity index (χ1v) is 31.3. The lowest BCUT2D eigenvalue weighted by atomic mass is 9.93. The van der Waals surface area contributed by atoms with Crippen molar-refractivity contribution in [3.05, 3.63) is 185 Å². The number of rotatable bonds is 10. The van der Waals surface area contributed by atoms with Gasteiger partial charge in [0.25, 0.3) is 5.84 Å². The van der Waals surface area contributed by atoms with Gasteiger partial charge in [0, 0.05) is 33.4 Å². The monoisotopic (exact) mass is 1400 g/mol. The zero-order chi connectivity index (χ0) is 69.4. The molecule has 0 atom stereocenters. The molecular formula is C70H78Cl4F12N8. The van der Waals surface area contributed by atoms with Gasteiger partial charge in [-0.15, -0.1) is 4.99 Å². The Bertz CT molecular complexity index is 3700. The second-order valence-corrected chi connectivity index (χ2v) is 25.5. The first-order chi connectivity index (χ1) is 43.1. The first kappa shape index (κ1) is 78.0. The molecule has 0 aromatic heterocycles. The van der Waals surface area contributed by atoms with Crippen molar-refractivity contribution < 1.29 is 71.1 Å². The molecule has 24 heteroatoms. The van der Waals surface area contributed by atoms with Crippen LogP contribution >= 0.6 is 34.8 Å². The Labute approximate surface area is 565 Å². The normalized spacial score (nSPS) is 14.7. The molecule has 94 heavy (non-hydrogen) atoms. The average Bonchev–Trinajstić information content (AvgIpc) is 0.790. The number of hydrogen-bond donors (Lipinski definition) is 0. The maximum Gasteiger partial charge on any atom is 0.416 e. The molecule has 0 aliphatic carbocycles. The summed E-state index contributed by atoms with van der Waals surface area (Å²) in [6, 6.07) is 22.3. The number of alkyl halides is 12. The summed E-state index contributed by atoms with van der Waals surface area (Å²) in [5.74, 6) is 1.79. The highest BCUT2D eigenvalue weighted by Crippen LogP contribution is 2.42. The van der Waals surface area contributed by atoms with Crippen LogP contribution < -0.4 is 12.4 Å². The average molecular weight is 1400 g/mol. The number of hydrogen-bond acceptors (Lipinski definition) is 5. The predicted octanol–water partition coefficient (Wildman–Crippen LogP) is 20.1. The molecule has 0 fully saturated rings. The number of nitrogens with zero attached hydrogens (tertiary/aromatic N) is 8. The molecule has 0 amide bonds. The molecule has 2 aliphatic heterocycles. The van der Waals surface area contributed by atoms with Crippen LogP contribution in [0, 0.1) is 27.7 Å². The Morgan fingerprint density at radius 1 is 0.500 bits per heavy atom. The van der Waals surface area contributed by atoms with Gasteiger partial charge in [-0.2, -0.15) is 52.7 Å². The van der Waals surface area contributed by atoms with E-state index in [2.05, 4.69) is 93.6 Å². The summed E-state index contributed by atoms with van der Waals surface area (Å²) >= 11 is 18.7. The SMILES string of the molecule is CC(=Nc1c(C(C)C)cccc1C(C)C)N1C=[N+](C(=Nc2c(C)cc(C)cc2Cl)c2cc(C(F)(F)F)cc(C(F)(F)F)c2)CCC1.CC(Cl)=Nc1c(C(C)C)cccc1C(C)C.Cc1cc(C)c(N=C(c2cc(C(F)(F)F)cc(C(F)(F)F)c2)N2C=NCCC2)c(Cl)c1.[2HH].[Cl-]. The van der Waals surface area contributed by atoms with Crippen molar-refractivity contribution >= 4 is 92.9 Å². The molecule has 6 aromatic rings. The predicted molar refractivity (Wildman–Crippen MR) is 357 cm³/mol. The molecule has 510 valence electrons. The van der Waals surface area contributed by atoms with E-state index in [1.807, 2.05) is 50.8 Å². The van der Waals surface area contributed by atoms with E-state index in [4.69, 9.17) is 39.8 Å². The van der Waals surface area contributed by atoms with E-state index in [1.165, 1.54) is 22.4 Å². The minimum Gasteiger partial charge on any atom is -1.00 e. The minimum atomic E-state index is -5.02. The molecule has 0 N–H and O–H groups in total. The molecule has 0 radical (unpaired) electrons. The summed E-state index contributed by atoms with van der Waals surface area (Å²) in [7, 11) is 0. The third-order valence-electron chi connectivity index (χ3n) is 15.1. The van der Waals surface area contributed by atoms with Gasteiger partial charge in [-0.05, 0) is 158 Å². The third kappa shape index (κ3) is 20.6. The summed E-state index contributed by atoms with van der Waals surface area (Å²) in [6.07, 6.45) is -15.8. The molecular weight excluding hydrogens is 1320 g/mol. The van der Waals surface area contributed by atoms with Gasteiger partial charge in [-0.3, -0.25) is 9.89 Å². The van der Waals surface area contributed by atoms with Crippen molar-refractivity contribution in [1.82, 2.24) is 9.80 Å². The van der Waals surface area contributed by atoms with E-state index in [9.17, 15) is 52.7 Å². The molecule has 0 spiro atoms. The maximum atomic E-state index is 13.9. The number of para-hydroxylation sites is 2. The summed E-state index contributed by atoms with van der Waals surface area (Å²) in [5, 5.41) is 1.07. The fraction of sp³-hybridized carbons (Fsp3) is 0.400. The number of aryl methyl sites for hydroxylation is 4. The van der Waals surface area contributed by atoms with E-state index in [0.717, 1.165) is 33.6 Å². The van der Waals surface area contributed by atoms with E-state index < -0.39 is 47.0 Å². The van der Waals surface area contributed by atoms with Crippen LogP contribution in [0.3, 0.4) is 0 Å². The molecule has 0 unspecified atom stereocenters. The van der Waals surface area contributed by atoms with Crippen LogP contribution in [0.2, 0.25) is 10.0 Å². The highest BCUT2D eigenvalue weighted by Gasteiger charge is 2.40. The molecule has 2 aliphatic rings. The third-order valence-corrected chi connectivity index (χ3v) is 15.8. The van der Waals surface area contributed by atoms with Gasteiger partial charge in [0.1, 0.15) is 11.0 Å². The summed E-state index contributed by atoms with van der Waals surface area (Å²) < 4.78 is 165. The standard InChI is InChI=1S/C35H38ClF6N4.C21H18ClF6N3.C14H20ClN.ClH.H2/c1-20(2)28-10-8-11-29(21(3)4)32(28)43-24(7)45-12-9-13-46(19-45)33(44-31-23(6)14-22(5)15-30(31)36)25-16-26(34(37,38)39)18-27(17-25)35(40,41)42;1-12-6-13(2)18(17(22)7-12)30-19(31-5-3-4-29-11-31)14-8-15(20(23,24)25)10-16(9-14)21(26,27)28;1-9(2)12-7-6-8-13(10(3)4)14(12)16-11(5)15;;/h8,10-11,14-21H,9,12-13H2,1-7H3;6-11H,3-5H2,1-2H3;6-10H,1-5H3;2*1H/q+1;;;;/p-1/i;;;;1+1. The Hall–Kier alpha value is -6.74. The van der Waals surface area contributed by atoms with Crippen molar-refractivity contribution in [3.8, 4) is 0 Å². The smallest absolute Gasteiger partial charge is 0.416 e. The Balaban J connectivity index is 0.000000337. The Morgan fingerprint density at radius 2 is 0.883 bits per heavy atom. The lowest BCUT2D eigenvalue weighted by Gasteiger charge is -2.26. The molecule has 8 nitrogen and oxygen atoms in total. The second-order valence-electron chi connectivity index (χ2n) is 24.2. The van der Waals surface area contributed by atoms with Gasteiger partial charge in [-0.1, -0.05) is 139 Å². The molecule has 0 saturated heterocycles. The highest BCUT2D eigenvalue weighted by atomic mass is 35.5. The fourth-order valence-electron chi connectivity index (χ4n) is 10.5. The van der Waals surface area contributed by atoms with E-state index in [1.54, 1.807) is 49.0 Å². The Morgan fingerprint density at radius 3 is 1.24 bits per heavy atom. The fourth-order valence-corrected chi connectivity index (χ4v) is 11.3. The second kappa shape index (κ2) is 32.3. The van der Waals surface area contributed by atoms with E-state index in [-0.39, 0.29) is 82.0 Å².